The van der Waals surface area contributed by atoms with Gasteiger partial charge in [-0.3, -0.25) is 4.79 Å². The second kappa shape index (κ2) is 7.15. The lowest BCUT2D eigenvalue weighted by Crippen LogP contribution is -2.39. The van der Waals surface area contributed by atoms with Crippen molar-refractivity contribution in [2.75, 3.05) is 11.9 Å². The summed E-state index contributed by atoms with van der Waals surface area (Å²) in [5, 5.41) is 5.30. The molecule has 21 heavy (non-hydrogen) atoms. The molecule has 0 spiro atoms. The zero-order chi connectivity index (χ0) is 16.2. The Hall–Kier alpha value is -1.24. The van der Waals surface area contributed by atoms with Crippen LogP contribution in [-0.4, -0.2) is 18.5 Å². The Balaban J connectivity index is 2.86. The van der Waals surface area contributed by atoms with Gasteiger partial charge in [-0.1, -0.05) is 29.8 Å². The molecule has 0 aliphatic heterocycles. The number of halogens is 4. The van der Waals surface area contributed by atoms with Gasteiger partial charge in [0.2, 0.25) is 5.91 Å². The number of hydrogen-bond donors (Lipinski definition) is 2. The van der Waals surface area contributed by atoms with Gasteiger partial charge in [0, 0.05) is 16.7 Å². The maximum atomic E-state index is 12.9. The first-order valence-corrected chi connectivity index (χ1v) is 7.31. The third-order valence-electron chi connectivity index (χ3n) is 2.74. The number of carbonyl (C=O) groups excluding carboxylic acids is 1. The fourth-order valence-electron chi connectivity index (χ4n) is 1.64. The second-order valence-corrected chi connectivity index (χ2v) is 6.11. The highest BCUT2D eigenvalue weighted by molar-refractivity contribution is 9.10. The predicted molar refractivity (Wildman–Crippen MR) is 80.1 cm³/mol. The summed E-state index contributed by atoms with van der Waals surface area (Å²) in [5.41, 5.74) is -0.918. The van der Waals surface area contributed by atoms with E-state index in [0.29, 0.717) is 11.0 Å². The van der Waals surface area contributed by atoms with E-state index in [-0.39, 0.29) is 17.5 Å². The van der Waals surface area contributed by atoms with Crippen LogP contribution in [0.4, 0.5) is 18.9 Å². The molecule has 0 radical (unpaired) electrons. The van der Waals surface area contributed by atoms with E-state index < -0.39 is 17.8 Å². The minimum Gasteiger partial charge on any atom is -0.373 e. The minimum atomic E-state index is -4.48. The summed E-state index contributed by atoms with van der Waals surface area (Å²) in [7, 11) is 0. The van der Waals surface area contributed by atoms with Gasteiger partial charge >= 0.3 is 6.18 Å². The summed E-state index contributed by atoms with van der Waals surface area (Å²) in [4.78, 5) is 11.8. The van der Waals surface area contributed by atoms with E-state index in [4.69, 9.17) is 0 Å². The molecule has 0 fully saturated rings. The van der Waals surface area contributed by atoms with E-state index in [9.17, 15) is 18.0 Å². The molecule has 0 saturated carbocycles. The van der Waals surface area contributed by atoms with Gasteiger partial charge in [0.25, 0.3) is 0 Å². The van der Waals surface area contributed by atoms with E-state index >= 15 is 0 Å². The van der Waals surface area contributed by atoms with Gasteiger partial charge in [-0.15, -0.1) is 0 Å². The summed E-state index contributed by atoms with van der Waals surface area (Å²) >= 11 is 3.13. The highest BCUT2D eigenvalue weighted by Crippen LogP contribution is 2.36. The Bertz CT molecular complexity index is 503. The zero-order valence-electron chi connectivity index (χ0n) is 12.0. The van der Waals surface area contributed by atoms with Gasteiger partial charge in [-0.2, -0.15) is 13.2 Å². The van der Waals surface area contributed by atoms with Crippen LogP contribution in [0.25, 0.3) is 0 Å². The smallest absolute Gasteiger partial charge is 0.373 e. The molecule has 0 aliphatic carbocycles. The highest BCUT2D eigenvalue weighted by Gasteiger charge is 2.34. The van der Waals surface area contributed by atoms with Gasteiger partial charge < -0.3 is 10.6 Å². The number of rotatable bonds is 5. The number of hydrogen-bond acceptors (Lipinski definition) is 2. The van der Waals surface area contributed by atoms with Crippen molar-refractivity contribution >= 4 is 27.5 Å². The monoisotopic (exact) mass is 366 g/mol. The maximum absolute atomic E-state index is 12.9. The first-order valence-electron chi connectivity index (χ1n) is 6.52. The van der Waals surface area contributed by atoms with Gasteiger partial charge in [-0.25, -0.2) is 0 Å². The molecule has 1 atom stereocenters. The average Bonchev–Trinajstić information content (AvgIpc) is 2.34. The molecule has 0 bridgehead atoms. The minimum absolute atomic E-state index is 0.121. The largest absolute Gasteiger partial charge is 0.418 e. The number of alkyl halides is 3. The number of benzene rings is 1. The van der Waals surface area contributed by atoms with Crippen molar-refractivity contribution in [2.45, 2.75) is 33.0 Å². The molecule has 3 nitrogen and oxygen atoms in total. The molecule has 0 aliphatic rings. The first-order chi connectivity index (χ1) is 9.61. The molecule has 1 unspecified atom stereocenters. The van der Waals surface area contributed by atoms with Gasteiger partial charge in [-0.05, 0) is 31.0 Å². The van der Waals surface area contributed by atoms with Crippen LogP contribution >= 0.6 is 15.9 Å². The quantitative estimate of drug-likeness (QED) is 0.825. The third-order valence-corrected chi connectivity index (χ3v) is 3.23. The van der Waals surface area contributed by atoms with Crippen molar-refractivity contribution in [3.05, 3.63) is 28.2 Å². The van der Waals surface area contributed by atoms with Crippen LogP contribution < -0.4 is 10.6 Å². The Morgan fingerprint density at radius 3 is 2.43 bits per heavy atom. The summed E-state index contributed by atoms with van der Waals surface area (Å²) in [6, 6.07) is 2.84. The molecule has 1 amide bonds. The van der Waals surface area contributed by atoms with Crippen LogP contribution in [-0.2, 0) is 11.0 Å². The highest BCUT2D eigenvalue weighted by atomic mass is 79.9. The third kappa shape index (κ3) is 5.57. The lowest BCUT2D eigenvalue weighted by molar-refractivity contribution is -0.137. The number of amides is 1. The van der Waals surface area contributed by atoms with E-state index in [1.54, 1.807) is 0 Å². The first kappa shape index (κ1) is 17.8. The van der Waals surface area contributed by atoms with Crippen molar-refractivity contribution < 1.29 is 18.0 Å². The maximum Gasteiger partial charge on any atom is 0.418 e. The Morgan fingerprint density at radius 1 is 1.29 bits per heavy atom. The zero-order valence-corrected chi connectivity index (χ0v) is 13.6. The molecular weight excluding hydrogens is 349 g/mol. The average molecular weight is 367 g/mol. The van der Waals surface area contributed by atoms with Crippen molar-refractivity contribution in [3.63, 3.8) is 0 Å². The molecule has 0 saturated heterocycles. The van der Waals surface area contributed by atoms with Crippen molar-refractivity contribution in [3.8, 4) is 0 Å². The number of nitrogens with one attached hydrogen (secondary N) is 2. The lowest BCUT2D eigenvalue weighted by Gasteiger charge is -2.20. The molecule has 1 rings (SSSR count). The number of carbonyl (C=O) groups is 1. The summed E-state index contributed by atoms with van der Waals surface area (Å²) in [5.74, 6) is -0.0606. The molecule has 1 aromatic rings. The second-order valence-electron chi connectivity index (χ2n) is 5.19. The fourth-order valence-corrected chi connectivity index (χ4v) is 2.00. The molecule has 0 heterocycles. The van der Waals surface area contributed by atoms with Gasteiger partial charge in [0.15, 0.2) is 0 Å². The lowest BCUT2D eigenvalue weighted by atomic mass is 10.1. The topological polar surface area (TPSA) is 41.1 Å². The molecule has 1 aromatic carbocycles. The molecule has 0 aromatic heterocycles. The van der Waals surface area contributed by atoms with E-state index in [1.807, 2.05) is 13.8 Å². The fraction of sp³-hybridized carbons (Fsp3) is 0.500. The standard InChI is InChI=1S/C14H18BrF3N2O/c1-8(2)7-19-13(21)9(3)20-12-6-10(15)4-5-11(12)14(16,17)18/h4-6,8-9,20H,7H2,1-3H3,(H,19,21). The Kier molecular flexibility index (Phi) is 6.07. The number of anilines is 1. The van der Waals surface area contributed by atoms with Crippen LogP contribution in [0.3, 0.4) is 0 Å². The van der Waals surface area contributed by atoms with Crippen LogP contribution in [0.5, 0.6) is 0 Å². The summed E-state index contributed by atoms with van der Waals surface area (Å²) in [6.45, 7) is 5.88. The van der Waals surface area contributed by atoms with E-state index in [0.717, 1.165) is 6.07 Å². The molecule has 2 N–H and O–H groups in total. The normalized spacial score (nSPS) is 13.1. The van der Waals surface area contributed by atoms with Gasteiger partial charge in [0.1, 0.15) is 6.04 Å². The molecule has 118 valence electrons. The SMILES string of the molecule is CC(C)CNC(=O)C(C)Nc1cc(Br)ccc1C(F)(F)F. The van der Waals surface area contributed by atoms with Crippen LogP contribution in [0.2, 0.25) is 0 Å². The Labute approximate surface area is 130 Å². The summed E-state index contributed by atoms with van der Waals surface area (Å²) in [6.07, 6.45) is -4.48. The molecular formula is C14H18BrF3N2O. The van der Waals surface area contributed by atoms with Crippen LogP contribution in [0.1, 0.15) is 26.3 Å². The summed E-state index contributed by atoms with van der Waals surface area (Å²) < 4.78 is 39.3. The van der Waals surface area contributed by atoms with Crippen LogP contribution in [0.15, 0.2) is 22.7 Å². The van der Waals surface area contributed by atoms with E-state index in [1.165, 1.54) is 19.1 Å². The van der Waals surface area contributed by atoms with Crippen molar-refractivity contribution in [1.29, 1.82) is 0 Å². The van der Waals surface area contributed by atoms with Crippen molar-refractivity contribution in [1.82, 2.24) is 5.32 Å². The van der Waals surface area contributed by atoms with Crippen LogP contribution in [0, 0.1) is 5.92 Å². The Morgan fingerprint density at radius 2 is 1.90 bits per heavy atom. The van der Waals surface area contributed by atoms with Gasteiger partial charge in [0.05, 0.1) is 5.56 Å². The predicted octanol–water partition coefficient (Wildman–Crippen LogP) is 4.04. The van der Waals surface area contributed by atoms with Crippen molar-refractivity contribution in [2.24, 2.45) is 5.92 Å². The van der Waals surface area contributed by atoms with E-state index in [2.05, 4.69) is 26.6 Å². The molecule has 7 heteroatoms.